The van der Waals surface area contributed by atoms with Gasteiger partial charge in [0.2, 0.25) is 0 Å². The highest BCUT2D eigenvalue weighted by molar-refractivity contribution is 6.32. The number of carbonyl (C=O) groups excluding carboxylic acids is 1. The third kappa shape index (κ3) is 4.45. The summed E-state index contributed by atoms with van der Waals surface area (Å²) < 4.78 is 10.7. The number of piperidine rings is 1. The molecule has 6 nitrogen and oxygen atoms in total. The maximum atomic E-state index is 12.8. The van der Waals surface area contributed by atoms with Gasteiger partial charge < -0.3 is 19.7 Å². The van der Waals surface area contributed by atoms with Crippen molar-refractivity contribution in [3.63, 3.8) is 0 Å². The van der Waals surface area contributed by atoms with Crippen LogP contribution in [0.2, 0.25) is 5.02 Å². The maximum absolute atomic E-state index is 12.8. The highest BCUT2D eigenvalue weighted by atomic mass is 35.5. The van der Waals surface area contributed by atoms with Gasteiger partial charge in [0, 0.05) is 37.1 Å². The molecule has 1 N–H and O–H groups in total. The molecule has 0 unspecified atom stereocenters. The van der Waals surface area contributed by atoms with E-state index < -0.39 is 0 Å². The first-order valence-electron chi connectivity index (χ1n) is 8.95. The van der Waals surface area contributed by atoms with Crippen molar-refractivity contribution in [2.45, 2.75) is 19.8 Å². The fourth-order valence-corrected chi connectivity index (χ4v) is 3.34. The lowest BCUT2D eigenvalue weighted by atomic mass is 9.99. The minimum atomic E-state index is -0.0359. The van der Waals surface area contributed by atoms with Crippen molar-refractivity contribution >= 4 is 28.9 Å². The molecular weight excluding hydrogens is 366 g/mol. The van der Waals surface area contributed by atoms with E-state index in [-0.39, 0.29) is 5.91 Å². The number of aromatic nitrogens is 1. The Morgan fingerprint density at radius 1 is 1.19 bits per heavy atom. The van der Waals surface area contributed by atoms with Crippen molar-refractivity contribution in [3.05, 3.63) is 41.2 Å². The normalized spacial score (nSPS) is 14.7. The second-order valence-electron chi connectivity index (χ2n) is 6.72. The number of ether oxygens (including phenoxy) is 2. The van der Waals surface area contributed by atoms with Gasteiger partial charge in [-0.25, -0.2) is 0 Å². The number of halogens is 1. The zero-order valence-electron chi connectivity index (χ0n) is 15.8. The van der Waals surface area contributed by atoms with Gasteiger partial charge in [0.15, 0.2) is 0 Å². The van der Waals surface area contributed by atoms with Crippen LogP contribution in [0.3, 0.4) is 0 Å². The topological polar surface area (TPSA) is 63.7 Å². The van der Waals surface area contributed by atoms with E-state index in [1.165, 1.54) is 0 Å². The summed E-state index contributed by atoms with van der Waals surface area (Å²) in [5.74, 6) is 1.75. The average Bonchev–Trinajstić information content (AvgIpc) is 2.69. The molecule has 0 aliphatic carbocycles. The summed E-state index contributed by atoms with van der Waals surface area (Å²) >= 11 is 6.15. The summed E-state index contributed by atoms with van der Waals surface area (Å²) in [5, 5.41) is 3.72. The molecule has 3 rings (SSSR count). The second kappa shape index (κ2) is 8.48. The molecule has 1 aliphatic rings. The molecule has 0 atom stereocenters. The van der Waals surface area contributed by atoms with E-state index in [0.717, 1.165) is 31.6 Å². The molecule has 2 heterocycles. The minimum Gasteiger partial charge on any atom is -0.495 e. The zero-order chi connectivity index (χ0) is 19.4. The Balaban J connectivity index is 1.81. The van der Waals surface area contributed by atoms with E-state index in [4.69, 9.17) is 21.1 Å². The lowest BCUT2D eigenvalue weighted by molar-refractivity contribution is 0.0691. The number of nitrogens with one attached hydrogen (secondary N) is 1. The number of hydrogen-bond donors (Lipinski definition) is 1. The van der Waals surface area contributed by atoms with Gasteiger partial charge in [0.1, 0.15) is 17.2 Å². The summed E-state index contributed by atoms with van der Waals surface area (Å²) in [6.45, 7) is 3.78. The van der Waals surface area contributed by atoms with Crippen LogP contribution in [0, 0.1) is 5.92 Å². The van der Waals surface area contributed by atoms with E-state index in [2.05, 4.69) is 17.2 Å². The van der Waals surface area contributed by atoms with E-state index in [1.807, 2.05) is 4.90 Å². The SMILES string of the molecule is COc1cc(Nc2ccnc(C(=O)N3CCC(C)CC3)c2)c(OC)cc1Cl. The predicted octanol–water partition coefficient (Wildman–Crippen LogP) is 4.37. The fourth-order valence-electron chi connectivity index (χ4n) is 3.11. The number of methoxy groups -OCH3 is 2. The lowest BCUT2D eigenvalue weighted by Crippen LogP contribution is -2.38. The molecule has 2 aromatic rings. The van der Waals surface area contributed by atoms with Crippen molar-refractivity contribution in [3.8, 4) is 11.5 Å². The molecule has 27 heavy (non-hydrogen) atoms. The van der Waals surface area contributed by atoms with Crippen molar-refractivity contribution in [2.24, 2.45) is 5.92 Å². The van der Waals surface area contributed by atoms with Crippen LogP contribution in [-0.2, 0) is 0 Å². The quantitative estimate of drug-likeness (QED) is 0.822. The van der Waals surface area contributed by atoms with Crippen LogP contribution in [0.4, 0.5) is 11.4 Å². The number of pyridine rings is 1. The van der Waals surface area contributed by atoms with Crippen molar-refractivity contribution in [1.29, 1.82) is 0 Å². The van der Waals surface area contributed by atoms with Crippen LogP contribution in [0.5, 0.6) is 11.5 Å². The Morgan fingerprint density at radius 2 is 1.89 bits per heavy atom. The number of anilines is 2. The Labute approximate surface area is 164 Å². The molecule has 0 spiro atoms. The van der Waals surface area contributed by atoms with Gasteiger partial charge in [-0.1, -0.05) is 18.5 Å². The zero-order valence-corrected chi connectivity index (χ0v) is 16.5. The number of carbonyl (C=O) groups is 1. The number of rotatable bonds is 5. The van der Waals surface area contributed by atoms with E-state index in [1.54, 1.807) is 44.7 Å². The van der Waals surface area contributed by atoms with Gasteiger partial charge >= 0.3 is 0 Å². The molecule has 1 aliphatic heterocycles. The standard InChI is InChI=1S/C20H24ClN3O3/c1-13-5-8-24(9-6-13)20(25)17-10-14(4-7-22-17)23-16-12-18(26-2)15(21)11-19(16)27-3/h4,7,10-13H,5-6,8-9H2,1-3H3,(H,22,23). The summed E-state index contributed by atoms with van der Waals surface area (Å²) in [7, 11) is 3.13. The Hall–Kier alpha value is -2.47. The van der Waals surface area contributed by atoms with Crippen LogP contribution in [0.25, 0.3) is 0 Å². The van der Waals surface area contributed by atoms with Gasteiger partial charge in [-0.15, -0.1) is 0 Å². The first-order valence-corrected chi connectivity index (χ1v) is 9.33. The van der Waals surface area contributed by atoms with Crippen molar-refractivity contribution in [1.82, 2.24) is 9.88 Å². The van der Waals surface area contributed by atoms with Crippen LogP contribution in [0.15, 0.2) is 30.5 Å². The molecule has 0 radical (unpaired) electrons. The maximum Gasteiger partial charge on any atom is 0.272 e. The number of hydrogen-bond acceptors (Lipinski definition) is 5. The van der Waals surface area contributed by atoms with Crippen LogP contribution < -0.4 is 14.8 Å². The Kier molecular flexibility index (Phi) is 6.06. The van der Waals surface area contributed by atoms with E-state index in [0.29, 0.717) is 33.8 Å². The molecule has 1 saturated heterocycles. The van der Waals surface area contributed by atoms with Gasteiger partial charge in [0.05, 0.1) is 24.9 Å². The van der Waals surface area contributed by atoms with Gasteiger partial charge in [-0.05, 0) is 30.9 Å². The fraction of sp³-hybridized carbons (Fsp3) is 0.400. The smallest absolute Gasteiger partial charge is 0.272 e. The average molecular weight is 390 g/mol. The highest BCUT2D eigenvalue weighted by Gasteiger charge is 2.22. The predicted molar refractivity (Wildman–Crippen MR) is 106 cm³/mol. The molecule has 0 saturated carbocycles. The van der Waals surface area contributed by atoms with Gasteiger partial charge in [-0.2, -0.15) is 0 Å². The molecule has 1 aromatic heterocycles. The highest BCUT2D eigenvalue weighted by Crippen LogP contribution is 2.37. The molecule has 0 bridgehead atoms. The summed E-state index contributed by atoms with van der Waals surface area (Å²) in [5.41, 5.74) is 1.85. The molecule has 7 heteroatoms. The van der Waals surface area contributed by atoms with Gasteiger partial charge in [0.25, 0.3) is 5.91 Å². The summed E-state index contributed by atoms with van der Waals surface area (Å²) in [6.07, 6.45) is 3.69. The number of nitrogens with zero attached hydrogens (tertiary/aromatic N) is 2. The molecular formula is C20H24ClN3O3. The van der Waals surface area contributed by atoms with E-state index in [9.17, 15) is 4.79 Å². The number of amides is 1. The third-order valence-corrected chi connectivity index (χ3v) is 5.10. The Bertz CT molecular complexity index is 820. The Morgan fingerprint density at radius 3 is 2.56 bits per heavy atom. The molecule has 144 valence electrons. The second-order valence-corrected chi connectivity index (χ2v) is 7.12. The van der Waals surface area contributed by atoms with Gasteiger partial charge in [-0.3, -0.25) is 9.78 Å². The van der Waals surface area contributed by atoms with Crippen molar-refractivity contribution in [2.75, 3.05) is 32.6 Å². The number of likely N-dealkylation sites (tertiary alicyclic amines) is 1. The third-order valence-electron chi connectivity index (χ3n) is 4.80. The van der Waals surface area contributed by atoms with Crippen LogP contribution >= 0.6 is 11.6 Å². The molecule has 1 amide bonds. The van der Waals surface area contributed by atoms with E-state index >= 15 is 0 Å². The molecule has 1 aromatic carbocycles. The van der Waals surface area contributed by atoms with Crippen molar-refractivity contribution < 1.29 is 14.3 Å². The van der Waals surface area contributed by atoms with Crippen LogP contribution in [0.1, 0.15) is 30.3 Å². The monoisotopic (exact) mass is 389 g/mol. The largest absolute Gasteiger partial charge is 0.495 e. The van der Waals surface area contributed by atoms with Crippen LogP contribution in [-0.4, -0.2) is 43.1 Å². The summed E-state index contributed by atoms with van der Waals surface area (Å²) in [4.78, 5) is 18.9. The number of benzene rings is 1. The molecule has 1 fully saturated rings. The summed E-state index contributed by atoms with van der Waals surface area (Å²) in [6, 6.07) is 7.00. The minimum absolute atomic E-state index is 0.0359. The lowest BCUT2D eigenvalue weighted by Gasteiger charge is -2.30. The first kappa shape index (κ1) is 19.3. The first-order chi connectivity index (χ1) is 13.0.